The predicted octanol–water partition coefficient (Wildman–Crippen LogP) is -2.15. The van der Waals surface area contributed by atoms with E-state index < -0.39 is 36.7 Å². The minimum absolute atomic E-state index is 0.434. The molecule has 1 fully saturated rings. The second kappa shape index (κ2) is 4.30. The van der Waals surface area contributed by atoms with Gasteiger partial charge in [0.1, 0.15) is 18.3 Å². The molecule has 1 unspecified atom stereocenters. The molecule has 1 aliphatic heterocycles. The molecule has 2 rings (SSSR count). The molecule has 3 N–H and O–H groups in total. The van der Waals surface area contributed by atoms with Crippen molar-refractivity contribution in [2.75, 3.05) is 6.61 Å². The Morgan fingerprint density at radius 1 is 1.44 bits per heavy atom. The normalized spacial score (nSPS) is 34.2. The number of hydrogen-bond donors (Lipinski definition) is 3. The van der Waals surface area contributed by atoms with Crippen LogP contribution in [0.2, 0.25) is 0 Å². The minimum Gasteiger partial charge on any atom is -0.394 e. The Morgan fingerprint density at radius 2 is 2.19 bits per heavy atom. The molecule has 0 radical (unpaired) electrons. The van der Waals surface area contributed by atoms with Crippen molar-refractivity contribution in [1.82, 2.24) is 9.78 Å². The molecule has 0 aromatic carbocycles. The Hall–Kier alpha value is -1.28. The molecule has 1 aromatic heterocycles. The fraction of sp³-hybridized carbons (Fsp3) is 0.556. The number of rotatable bonds is 2. The highest BCUT2D eigenvalue weighted by atomic mass is 16.6. The molecule has 2 heterocycles. The van der Waals surface area contributed by atoms with Gasteiger partial charge in [-0.15, -0.1) is 0 Å². The standard InChI is InChI=1S/C9H12N2O5/c12-4-5-7(14)8(15)9(16-5)11-6(13)2-1-3-10-11/h1-3,5,7-9,12,14-15H,4H2/t5-,7-,8-,9?/m1/s1. The van der Waals surface area contributed by atoms with Crippen LogP contribution in [0.3, 0.4) is 0 Å². The van der Waals surface area contributed by atoms with Gasteiger partial charge in [0, 0.05) is 12.3 Å². The molecule has 0 amide bonds. The Morgan fingerprint density at radius 3 is 2.75 bits per heavy atom. The first-order valence-corrected chi connectivity index (χ1v) is 4.81. The van der Waals surface area contributed by atoms with Gasteiger partial charge >= 0.3 is 0 Å². The van der Waals surface area contributed by atoms with E-state index in [9.17, 15) is 15.0 Å². The highest BCUT2D eigenvalue weighted by molar-refractivity contribution is 4.92. The van der Waals surface area contributed by atoms with Gasteiger partial charge in [0.2, 0.25) is 0 Å². The summed E-state index contributed by atoms with van der Waals surface area (Å²) < 4.78 is 6.09. The van der Waals surface area contributed by atoms with Gasteiger partial charge < -0.3 is 20.1 Å². The number of hydrogen-bond acceptors (Lipinski definition) is 6. The molecule has 0 aliphatic carbocycles. The summed E-state index contributed by atoms with van der Waals surface area (Å²) in [6, 6.07) is 2.72. The first kappa shape index (κ1) is 11.2. The number of aliphatic hydroxyl groups is 3. The van der Waals surface area contributed by atoms with E-state index in [0.29, 0.717) is 0 Å². The van der Waals surface area contributed by atoms with E-state index in [-0.39, 0.29) is 0 Å². The average molecular weight is 228 g/mol. The van der Waals surface area contributed by atoms with Crippen LogP contribution in [0.4, 0.5) is 0 Å². The third-order valence-electron chi connectivity index (χ3n) is 2.50. The molecule has 16 heavy (non-hydrogen) atoms. The Kier molecular flexibility index (Phi) is 3.01. The smallest absolute Gasteiger partial charge is 0.269 e. The van der Waals surface area contributed by atoms with E-state index in [0.717, 1.165) is 4.68 Å². The van der Waals surface area contributed by atoms with Gasteiger partial charge in [-0.05, 0) is 6.07 Å². The molecule has 1 saturated heterocycles. The Balaban J connectivity index is 2.30. The fourth-order valence-electron chi connectivity index (χ4n) is 1.64. The SMILES string of the molecule is O=c1cccnn1C1O[C@H](CO)[C@@H](O)[C@H]1O. The lowest BCUT2D eigenvalue weighted by Gasteiger charge is -2.15. The van der Waals surface area contributed by atoms with Crippen LogP contribution in [0, 0.1) is 0 Å². The molecule has 0 saturated carbocycles. The van der Waals surface area contributed by atoms with E-state index in [1.807, 2.05) is 0 Å². The monoisotopic (exact) mass is 228 g/mol. The number of nitrogens with zero attached hydrogens (tertiary/aromatic N) is 2. The summed E-state index contributed by atoms with van der Waals surface area (Å²) in [5, 5.41) is 31.8. The number of aromatic nitrogens is 2. The lowest BCUT2D eigenvalue weighted by atomic mass is 10.1. The van der Waals surface area contributed by atoms with E-state index in [4.69, 9.17) is 9.84 Å². The average Bonchev–Trinajstić information content (AvgIpc) is 2.57. The minimum atomic E-state index is -1.29. The molecule has 1 aromatic rings. The Labute approximate surface area is 90.5 Å². The molecular formula is C9H12N2O5. The van der Waals surface area contributed by atoms with Crippen LogP contribution < -0.4 is 5.56 Å². The molecular weight excluding hydrogens is 216 g/mol. The van der Waals surface area contributed by atoms with Gasteiger partial charge in [-0.1, -0.05) is 0 Å². The van der Waals surface area contributed by atoms with Crippen LogP contribution >= 0.6 is 0 Å². The van der Waals surface area contributed by atoms with Gasteiger partial charge in [-0.2, -0.15) is 9.78 Å². The molecule has 1 aliphatic rings. The summed E-state index contributed by atoms with van der Waals surface area (Å²) in [6.07, 6.45) is -3.13. The highest BCUT2D eigenvalue weighted by Gasteiger charge is 2.44. The molecule has 4 atom stereocenters. The molecule has 88 valence electrons. The zero-order chi connectivity index (χ0) is 11.7. The van der Waals surface area contributed by atoms with E-state index in [2.05, 4.69) is 5.10 Å². The maximum absolute atomic E-state index is 11.4. The van der Waals surface area contributed by atoms with Crippen LogP contribution in [0.1, 0.15) is 6.23 Å². The van der Waals surface area contributed by atoms with Gasteiger partial charge in [-0.25, -0.2) is 0 Å². The van der Waals surface area contributed by atoms with Crippen molar-refractivity contribution in [2.24, 2.45) is 0 Å². The quantitative estimate of drug-likeness (QED) is 0.533. The van der Waals surface area contributed by atoms with E-state index >= 15 is 0 Å². The lowest BCUT2D eigenvalue weighted by Crippen LogP contribution is -2.36. The molecule has 0 spiro atoms. The lowest BCUT2D eigenvalue weighted by molar-refractivity contribution is -0.0610. The third-order valence-corrected chi connectivity index (χ3v) is 2.50. The van der Waals surface area contributed by atoms with E-state index in [1.165, 1.54) is 18.3 Å². The first-order valence-electron chi connectivity index (χ1n) is 4.81. The van der Waals surface area contributed by atoms with Crippen molar-refractivity contribution in [1.29, 1.82) is 0 Å². The molecule has 7 heteroatoms. The van der Waals surface area contributed by atoms with Crippen molar-refractivity contribution < 1.29 is 20.1 Å². The van der Waals surface area contributed by atoms with E-state index in [1.54, 1.807) is 0 Å². The van der Waals surface area contributed by atoms with Crippen molar-refractivity contribution >= 4 is 0 Å². The second-order valence-corrected chi connectivity index (χ2v) is 3.54. The van der Waals surface area contributed by atoms with Crippen LogP contribution in [0.5, 0.6) is 0 Å². The topological polar surface area (TPSA) is 105 Å². The van der Waals surface area contributed by atoms with Crippen molar-refractivity contribution in [2.45, 2.75) is 24.5 Å². The van der Waals surface area contributed by atoms with Gasteiger partial charge in [0.15, 0.2) is 6.23 Å². The van der Waals surface area contributed by atoms with Crippen molar-refractivity contribution in [3.8, 4) is 0 Å². The van der Waals surface area contributed by atoms with Gasteiger partial charge in [0.05, 0.1) is 6.61 Å². The molecule has 7 nitrogen and oxygen atoms in total. The summed E-state index contributed by atoms with van der Waals surface area (Å²) in [4.78, 5) is 11.4. The predicted molar refractivity (Wildman–Crippen MR) is 51.5 cm³/mol. The fourth-order valence-corrected chi connectivity index (χ4v) is 1.64. The van der Waals surface area contributed by atoms with Crippen molar-refractivity contribution in [3.63, 3.8) is 0 Å². The summed E-state index contributed by atoms with van der Waals surface area (Å²) >= 11 is 0. The van der Waals surface area contributed by atoms with Gasteiger partial charge in [0.25, 0.3) is 5.56 Å². The molecule has 0 bridgehead atoms. The number of ether oxygens (including phenoxy) is 1. The second-order valence-electron chi connectivity index (χ2n) is 3.54. The first-order chi connectivity index (χ1) is 7.65. The van der Waals surface area contributed by atoms with Crippen LogP contribution in [0.25, 0.3) is 0 Å². The Bertz CT molecular complexity index is 420. The van der Waals surface area contributed by atoms with Crippen LogP contribution in [-0.2, 0) is 4.74 Å². The zero-order valence-electron chi connectivity index (χ0n) is 8.30. The maximum Gasteiger partial charge on any atom is 0.269 e. The maximum atomic E-state index is 11.4. The third kappa shape index (κ3) is 1.74. The zero-order valence-corrected chi connectivity index (χ0v) is 8.30. The highest BCUT2D eigenvalue weighted by Crippen LogP contribution is 2.27. The van der Waals surface area contributed by atoms with Crippen LogP contribution in [0.15, 0.2) is 23.1 Å². The summed E-state index contributed by atoms with van der Waals surface area (Å²) in [5.74, 6) is 0. The summed E-state index contributed by atoms with van der Waals surface area (Å²) in [6.45, 7) is -0.434. The summed E-state index contributed by atoms with van der Waals surface area (Å²) in [7, 11) is 0. The number of aliphatic hydroxyl groups excluding tert-OH is 3. The summed E-state index contributed by atoms with van der Waals surface area (Å²) in [5.41, 5.74) is -0.447. The largest absolute Gasteiger partial charge is 0.394 e. The van der Waals surface area contributed by atoms with Crippen LogP contribution in [-0.4, -0.2) is 50.0 Å². The van der Waals surface area contributed by atoms with Crippen molar-refractivity contribution in [3.05, 3.63) is 28.7 Å². The van der Waals surface area contributed by atoms with Gasteiger partial charge in [-0.3, -0.25) is 4.79 Å².